The first-order valence-electron chi connectivity index (χ1n) is 8.91. The summed E-state index contributed by atoms with van der Waals surface area (Å²) in [6.07, 6.45) is 3.55. The number of aryl methyl sites for hydroxylation is 3. The molecule has 0 unspecified atom stereocenters. The van der Waals surface area contributed by atoms with Crippen molar-refractivity contribution in [2.45, 2.75) is 27.0 Å². The molecule has 28 heavy (non-hydrogen) atoms. The monoisotopic (exact) mass is 381 g/mol. The van der Waals surface area contributed by atoms with Gasteiger partial charge in [-0.15, -0.1) is 5.10 Å². The molecule has 0 N–H and O–H groups in total. The molecule has 0 spiro atoms. The highest BCUT2D eigenvalue weighted by Crippen LogP contribution is 2.22. The van der Waals surface area contributed by atoms with Gasteiger partial charge in [-0.25, -0.2) is 14.1 Å². The molecule has 4 rings (SSSR count). The lowest BCUT2D eigenvalue weighted by atomic mass is 10.3. The third-order valence-electron chi connectivity index (χ3n) is 4.26. The van der Waals surface area contributed by atoms with Crippen LogP contribution in [0.2, 0.25) is 0 Å². The fourth-order valence-electron chi connectivity index (χ4n) is 2.92. The van der Waals surface area contributed by atoms with Gasteiger partial charge in [0.05, 0.1) is 12.4 Å². The average molecular weight is 381 g/mol. The smallest absolute Gasteiger partial charge is 0.189 e. The molecule has 9 heteroatoms. The summed E-state index contributed by atoms with van der Waals surface area (Å²) in [6.45, 7) is 4.91. The third-order valence-corrected chi connectivity index (χ3v) is 4.26. The van der Waals surface area contributed by atoms with Crippen molar-refractivity contribution in [3.8, 4) is 23.0 Å². The number of aromatic nitrogens is 7. The van der Waals surface area contributed by atoms with E-state index in [2.05, 4.69) is 20.3 Å². The van der Waals surface area contributed by atoms with Crippen molar-refractivity contribution in [1.82, 2.24) is 34.3 Å². The minimum Gasteiger partial charge on any atom is -0.485 e. The van der Waals surface area contributed by atoms with E-state index < -0.39 is 0 Å². The quantitative estimate of drug-likeness (QED) is 0.513. The van der Waals surface area contributed by atoms with Crippen molar-refractivity contribution >= 4 is 0 Å². The first-order valence-corrected chi connectivity index (χ1v) is 8.91. The molecule has 0 aliphatic rings. The zero-order valence-electron chi connectivity index (χ0n) is 15.9. The van der Waals surface area contributed by atoms with Crippen LogP contribution in [0.5, 0.6) is 5.75 Å². The van der Waals surface area contributed by atoms with Gasteiger partial charge >= 0.3 is 0 Å². The van der Waals surface area contributed by atoms with Crippen LogP contribution < -0.4 is 4.74 Å². The fraction of sp³-hybridized carbons (Fsp3) is 0.263. The van der Waals surface area contributed by atoms with E-state index >= 15 is 0 Å². The minimum absolute atomic E-state index is 0.108. The maximum absolute atomic E-state index is 13.3. The molecule has 0 bridgehead atoms. The fourth-order valence-corrected chi connectivity index (χ4v) is 2.92. The number of nitrogens with zero attached hydrogens (tertiary/aromatic N) is 7. The van der Waals surface area contributed by atoms with Crippen LogP contribution in [-0.4, -0.2) is 34.3 Å². The molecule has 0 amide bonds. The second-order valence-corrected chi connectivity index (χ2v) is 6.37. The topological polar surface area (TPSA) is 75.6 Å². The Labute approximate surface area is 161 Å². The van der Waals surface area contributed by atoms with E-state index in [1.165, 1.54) is 12.1 Å². The highest BCUT2D eigenvalue weighted by Gasteiger charge is 2.18. The molecule has 3 heterocycles. The molecular weight excluding hydrogens is 361 g/mol. The number of halogens is 1. The van der Waals surface area contributed by atoms with E-state index in [4.69, 9.17) is 4.74 Å². The average Bonchev–Trinajstić information content (AvgIpc) is 3.37. The number of hydrogen-bond acceptors (Lipinski definition) is 5. The maximum atomic E-state index is 13.3. The molecule has 0 saturated carbocycles. The van der Waals surface area contributed by atoms with E-state index in [1.807, 2.05) is 37.8 Å². The lowest BCUT2D eigenvalue weighted by Crippen LogP contribution is -2.02. The molecule has 1 aromatic carbocycles. The Morgan fingerprint density at radius 1 is 1.18 bits per heavy atom. The Morgan fingerprint density at radius 2 is 2.04 bits per heavy atom. The van der Waals surface area contributed by atoms with Crippen molar-refractivity contribution in [1.29, 1.82) is 0 Å². The molecule has 0 radical (unpaired) electrons. The van der Waals surface area contributed by atoms with Gasteiger partial charge in [0.15, 0.2) is 11.6 Å². The SMILES string of the molecule is CCn1nc(-c2nc(COc3cccc(F)c3)nn2-c2cnn(C)c2)cc1C. The van der Waals surface area contributed by atoms with Crippen LogP contribution in [0.4, 0.5) is 4.39 Å². The van der Waals surface area contributed by atoms with Gasteiger partial charge in [-0.3, -0.25) is 9.36 Å². The highest BCUT2D eigenvalue weighted by atomic mass is 19.1. The van der Waals surface area contributed by atoms with Gasteiger partial charge in [-0.1, -0.05) is 6.07 Å². The van der Waals surface area contributed by atoms with E-state index in [-0.39, 0.29) is 12.4 Å². The lowest BCUT2D eigenvalue weighted by molar-refractivity contribution is 0.294. The molecule has 0 aliphatic heterocycles. The van der Waals surface area contributed by atoms with Gasteiger partial charge in [0.25, 0.3) is 0 Å². The summed E-state index contributed by atoms with van der Waals surface area (Å²) in [7, 11) is 1.84. The summed E-state index contributed by atoms with van der Waals surface area (Å²) in [5.74, 6) is 1.13. The standard InChI is InChI=1S/C19H20FN7O/c1-4-26-13(2)8-17(23-26)19-22-18(12-28-16-7-5-6-14(20)9-16)24-27(19)15-10-21-25(3)11-15/h5-11H,4,12H2,1-3H3. The normalized spacial score (nSPS) is 11.1. The first-order chi connectivity index (χ1) is 13.5. The number of rotatable bonds is 6. The molecule has 0 atom stereocenters. The van der Waals surface area contributed by atoms with Crippen LogP contribution in [0, 0.1) is 12.7 Å². The molecule has 144 valence electrons. The van der Waals surface area contributed by atoms with Crippen LogP contribution in [-0.2, 0) is 20.2 Å². The second-order valence-electron chi connectivity index (χ2n) is 6.37. The summed E-state index contributed by atoms with van der Waals surface area (Å²) < 4.78 is 24.3. The Morgan fingerprint density at radius 3 is 2.71 bits per heavy atom. The molecular formula is C19H20FN7O. The van der Waals surface area contributed by atoms with Crippen LogP contribution in [0.3, 0.4) is 0 Å². The third kappa shape index (κ3) is 3.51. The minimum atomic E-state index is -0.354. The summed E-state index contributed by atoms with van der Waals surface area (Å²) in [4.78, 5) is 4.61. The lowest BCUT2D eigenvalue weighted by Gasteiger charge is -2.02. The van der Waals surface area contributed by atoms with Crippen LogP contribution in [0.1, 0.15) is 18.4 Å². The van der Waals surface area contributed by atoms with Gasteiger partial charge < -0.3 is 4.74 Å². The number of ether oxygens (including phenoxy) is 1. The predicted molar refractivity (Wildman–Crippen MR) is 100 cm³/mol. The Balaban J connectivity index is 1.69. The Hall–Kier alpha value is -3.49. The largest absolute Gasteiger partial charge is 0.485 e. The molecule has 0 saturated heterocycles. The Kier molecular flexibility index (Phi) is 4.64. The van der Waals surface area contributed by atoms with E-state index in [0.717, 1.165) is 17.9 Å². The van der Waals surface area contributed by atoms with E-state index in [1.54, 1.807) is 27.7 Å². The van der Waals surface area contributed by atoms with Crippen LogP contribution in [0.15, 0.2) is 42.7 Å². The van der Waals surface area contributed by atoms with Gasteiger partial charge in [0.2, 0.25) is 0 Å². The summed E-state index contributed by atoms with van der Waals surface area (Å²) in [5, 5.41) is 13.4. The van der Waals surface area contributed by atoms with Crippen molar-refractivity contribution < 1.29 is 9.13 Å². The van der Waals surface area contributed by atoms with Gasteiger partial charge in [-0.2, -0.15) is 10.2 Å². The first kappa shape index (κ1) is 17.9. The van der Waals surface area contributed by atoms with E-state index in [0.29, 0.717) is 23.1 Å². The van der Waals surface area contributed by atoms with Crippen molar-refractivity contribution in [3.05, 3.63) is 60.1 Å². The van der Waals surface area contributed by atoms with Gasteiger partial charge in [0, 0.05) is 25.4 Å². The van der Waals surface area contributed by atoms with E-state index in [9.17, 15) is 4.39 Å². The molecule has 0 fully saturated rings. The molecule has 0 aliphatic carbocycles. The van der Waals surface area contributed by atoms with Crippen LogP contribution >= 0.6 is 0 Å². The number of benzene rings is 1. The molecule has 3 aromatic heterocycles. The van der Waals surface area contributed by atoms with Crippen LogP contribution in [0.25, 0.3) is 17.2 Å². The molecule has 8 nitrogen and oxygen atoms in total. The number of hydrogen-bond donors (Lipinski definition) is 0. The zero-order valence-corrected chi connectivity index (χ0v) is 15.9. The summed E-state index contributed by atoms with van der Waals surface area (Å²) in [6, 6.07) is 7.95. The second kappa shape index (κ2) is 7.26. The zero-order chi connectivity index (χ0) is 19.7. The van der Waals surface area contributed by atoms with Gasteiger partial charge in [0.1, 0.15) is 29.6 Å². The summed E-state index contributed by atoms with van der Waals surface area (Å²) >= 11 is 0. The maximum Gasteiger partial charge on any atom is 0.189 e. The Bertz CT molecular complexity index is 1110. The molecule has 4 aromatic rings. The van der Waals surface area contributed by atoms with Gasteiger partial charge in [-0.05, 0) is 32.0 Å². The van der Waals surface area contributed by atoms with Crippen molar-refractivity contribution in [2.24, 2.45) is 7.05 Å². The van der Waals surface area contributed by atoms with Crippen molar-refractivity contribution in [3.63, 3.8) is 0 Å². The predicted octanol–water partition coefficient (Wildman–Crippen LogP) is 2.91. The summed E-state index contributed by atoms with van der Waals surface area (Å²) in [5.41, 5.74) is 2.52. The van der Waals surface area contributed by atoms with Crippen molar-refractivity contribution in [2.75, 3.05) is 0 Å². The highest BCUT2D eigenvalue weighted by molar-refractivity contribution is 5.53.